The van der Waals surface area contributed by atoms with Gasteiger partial charge < -0.3 is 4.57 Å². The van der Waals surface area contributed by atoms with E-state index in [0.29, 0.717) is 11.8 Å². The molecule has 76 heavy (non-hydrogen) atoms. The first-order valence-corrected chi connectivity index (χ1v) is 27.0. The standard InChI is InChI=1S/C75H55N/c1-4-13-48-24-30-52(31-25-48)55-36-40-62-63-41-37-56(46-71(63)75(70(62)45-55)67-19-10-6-15-59(67)60-16-7-11-20-68(60)75)53-34-28-50(29-35-53)23-22-49-26-32-51(33-27-49)54-38-43-73-65(44-54)64-17-8-12-21-72(64)76(73)57-39-42-61-58-14-5-9-18-66(58)74(2,3)69(61)47-57/h4-47,61,69H,1-3H3. The number of para-hydroxylation sites is 1. The number of aromatic nitrogens is 1. The summed E-state index contributed by atoms with van der Waals surface area (Å²) in [6, 6.07) is 84.5. The third kappa shape index (κ3) is 6.58. The fourth-order valence-corrected chi connectivity index (χ4v) is 14.0. The summed E-state index contributed by atoms with van der Waals surface area (Å²) in [7, 11) is 0. The van der Waals surface area contributed by atoms with Crippen LogP contribution in [0.15, 0.2) is 249 Å². The Morgan fingerprint density at radius 1 is 0.395 bits per heavy atom. The Balaban J connectivity index is 0.715. The summed E-state index contributed by atoms with van der Waals surface area (Å²) in [6.07, 6.45) is 16.1. The maximum absolute atomic E-state index is 2.54. The lowest BCUT2D eigenvalue weighted by molar-refractivity contribution is 0.394. The van der Waals surface area contributed by atoms with Crippen LogP contribution < -0.4 is 0 Å². The van der Waals surface area contributed by atoms with Crippen LogP contribution in [0.4, 0.5) is 0 Å². The zero-order chi connectivity index (χ0) is 50.7. The van der Waals surface area contributed by atoms with Crippen molar-refractivity contribution in [1.82, 2.24) is 4.57 Å². The van der Waals surface area contributed by atoms with Gasteiger partial charge in [0.1, 0.15) is 0 Å². The maximum Gasteiger partial charge on any atom is 0.0725 e. The van der Waals surface area contributed by atoms with E-state index in [1.165, 1.54) is 133 Å². The highest BCUT2D eigenvalue weighted by Gasteiger charge is 2.52. The van der Waals surface area contributed by atoms with Crippen molar-refractivity contribution in [3.05, 3.63) is 299 Å². The van der Waals surface area contributed by atoms with Crippen molar-refractivity contribution < 1.29 is 0 Å². The van der Waals surface area contributed by atoms with E-state index in [-0.39, 0.29) is 5.41 Å². The smallest absolute Gasteiger partial charge is 0.0725 e. The van der Waals surface area contributed by atoms with E-state index in [2.05, 4.69) is 292 Å². The van der Waals surface area contributed by atoms with Crippen LogP contribution in [0.3, 0.4) is 0 Å². The molecule has 15 rings (SSSR count). The Hall–Kier alpha value is -9.04. The molecule has 360 valence electrons. The molecule has 1 heteroatoms. The predicted octanol–water partition coefficient (Wildman–Crippen LogP) is 19.4. The zero-order valence-corrected chi connectivity index (χ0v) is 43.0. The molecule has 2 unspecified atom stereocenters. The number of hydrogen-bond donors (Lipinski definition) is 0. The Morgan fingerprint density at radius 2 is 0.855 bits per heavy atom. The number of hydrogen-bond acceptors (Lipinski definition) is 0. The third-order valence-corrected chi connectivity index (χ3v) is 17.6. The number of allylic oxidation sites excluding steroid dienone is 5. The predicted molar refractivity (Wildman–Crippen MR) is 321 cm³/mol. The molecular formula is C75H55N. The van der Waals surface area contributed by atoms with Gasteiger partial charge in [-0.15, -0.1) is 0 Å². The molecule has 0 aliphatic heterocycles. The highest BCUT2D eigenvalue weighted by Crippen LogP contribution is 2.63. The minimum Gasteiger partial charge on any atom is -0.310 e. The summed E-state index contributed by atoms with van der Waals surface area (Å²) < 4.78 is 2.48. The van der Waals surface area contributed by atoms with Crippen molar-refractivity contribution in [2.45, 2.75) is 37.5 Å². The molecule has 0 saturated carbocycles. The van der Waals surface area contributed by atoms with Crippen LogP contribution in [0, 0.1) is 5.92 Å². The van der Waals surface area contributed by atoms with Crippen LogP contribution in [0.25, 0.3) is 101 Å². The largest absolute Gasteiger partial charge is 0.310 e. The third-order valence-electron chi connectivity index (χ3n) is 17.6. The molecule has 0 bridgehead atoms. The lowest BCUT2D eigenvalue weighted by Gasteiger charge is -2.31. The van der Waals surface area contributed by atoms with E-state index in [1.807, 2.05) is 0 Å². The van der Waals surface area contributed by atoms with Gasteiger partial charge in [0, 0.05) is 22.4 Å². The van der Waals surface area contributed by atoms with Crippen LogP contribution in [-0.4, -0.2) is 4.57 Å². The van der Waals surface area contributed by atoms with E-state index >= 15 is 0 Å². The Bertz CT molecular complexity index is 4250. The van der Waals surface area contributed by atoms with Gasteiger partial charge in [-0.3, -0.25) is 0 Å². The second kappa shape index (κ2) is 17.0. The summed E-state index contributed by atoms with van der Waals surface area (Å²) in [6.45, 7) is 6.90. The molecule has 4 aliphatic rings. The first-order valence-electron chi connectivity index (χ1n) is 27.0. The van der Waals surface area contributed by atoms with E-state index in [0.717, 1.165) is 0 Å². The van der Waals surface area contributed by atoms with E-state index in [1.54, 1.807) is 0 Å². The summed E-state index contributed by atoms with van der Waals surface area (Å²) in [5, 5.41) is 2.56. The van der Waals surface area contributed by atoms with Crippen LogP contribution >= 0.6 is 0 Å². The zero-order valence-electron chi connectivity index (χ0n) is 43.0. The first-order chi connectivity index (χ1) is 37.4. The van der Waals surface area contributed by atoms with Crippen molar-refractivity contribution in [1.29, 1.82) is 0 Å². The van der Waals surface area contributed by atoms with Crippen LogP contribution in [0.5, 0.6) is 0 Å². The Kier molecular flexibility index (Phi) is 9.94. The minimum atomic E-state index is -0.434. The van der Waals surface area contributed by atoms with Crippen molar-refractivity contribution in [2.75, 3.05) is 0 Å². The van der Waals surface area contributed by atoms with E-state index in [9.17, 15) is 0 Å². The first kappa shape index (κ1) is 44.4. The molecule has 4 aliphatic carbocycles. The van der Waals surface area contributed by atoms with Gasteiger partial charge in [0.25, 0.3) is 0 Å². The van der Waals surface area contributed by atoms with Gasteiger partial charge in [-0.1, -0.05) is 244 Å². The van der Waals surface area contributed by atoms with Gasteiger partial charge in [-0.25, -0.2) is 0 Å². The van der Waals surface area contributed by atoms with Crippen LogP contribution in [0.2, 0.25) is 0 Å². The van der Waals surface area contributed by atoms with E-state index in [4.69, 9.17) is 0 Å². The molecular weight excluding hydrogens is 915 g/mol. The monoisotopic (exact) mass is 969 g/mol. The van der Waals surface area contributed by atoms with Crippen molar-refractivity contribution in [2.24, 2.45) is 5.92 Å². The second-order valence-corrected chi connectivity index (χ2v) is 22.0. The summed E-state index contributed by atoms with van der Waals surface area (Å²) in [4.78, 5) is 0. The van der Waals surface area contributed by atoms with Gasteiger partial charge in [0.15, 0.2) is 0 Å². The molecule has 10 aromatic carbocycles. The van der Waals surface area contributed by atoms with Crippen molar-refractivity contribution in [3.63, 3.8) is 0 Å². The Labute approximate surface area is 445 Å². The molecule has 0 amide bonds. The van der Waals surface area contributed by atoms with Crippen molar-refractivity contribution in [3.8, 4) is 55.6 Å². The number of nitrogens with zero attached hydrogens (tertiary/aromatic N) is 1. The highest BCUT2D eigenvalue weighted by atomic mass is 15.0. The molecule has 11 aromatic rings. The normalized spacial score (nSPS) is 17.0. The lowest BCUT2D eigenvalue weighted by atomic mass is 9.70. The van der Waals surface area contributed by atoms with Gasteiger partial charge >= 0.3 is 0 Å². The number of rotatable bonds is 7. The average molecular weight is 970 g/mol. The quantitative estimate of drug-likeness (QED) is 0.140. The van der Waals surface area contributed by atoms with Gasteiger partial charge in [-0.2, -0.15) is 0 Å². The highest BCUT2D eigenvalue weighted by molar-refractivity contribution is 6.11. The molecule has 0 N–H and O–H groups in total. The second-order valence-electron chi connectivity index (χ2n) is 22.0. The van der Waals surface area contributed by atoms with E-state index < -0.39 is 5.41 Å². The molecule has 1 heterocycles. The molecule has 0 saturated heterocycles. The summed E-state index contributed by atoms with van der Waals surface area (Å²) in [5.74, 6) is 0.811. The lowest BCUT2D eigenvalue weighted by Crippen LogP contribution is -2.26. The number of fused-ring (bicyclic) bond motifs is 16. The average Bonchev–Trinajstić information content (AvgIpc) is 4.34. The maximum atomic E-state index is 2.54. The SMILES string of the molecule is CC=Cc1ccc(-c2ccc3c(c2)C2(c4ccccc4-c4ccccc42)c2cc(-c4ccc(C=Cc5ccc(-c6ccc7c(c6)c6ccccc6n7C6=CC7C(C=C6)c6ccccc6C7(C)C)cc5)cc4)ccc2-3)cc1. The molecule has 1 nitrogen and oxygen atoms in total. The topological polar surface area (TPSA) is 4.93 Å². The van der Waals surface area contributed by atoms with Gasteiger partial charge in [-0.05, 0) is 160 Å². The molecule has 1 spiro atoms. The minimum absolute atomic E-state index is 0.0580. The van der Waals surface area contributed by atoms with Crippen LogP contribution in [-0.2, 0) is 10.8 Å². The van der Waals surface area contributed by atoms with Crippen LogP contribution in [0.1, 0.15) is 76.8 Å². The fraction of sp³-hybridized carbons (Fsp3) is 0.0933. The number of benzene rings is 10. The molecule has 0 fully saturated rings. The van der Waals surface area contributed by atoms with Gasteiger partial charge in [0.05, 0.1) is 16.4 Å². The summed E-state index contributed by atoms with van der Waals surface area (Å²) in [5.41, 5.74) is 27.9. The Morgan fingerprint density at radius 3 is 1.45 bits per heavy atom. The van der Waals surface area contributed by atoms with Crippen molar-refractivity contribution >= 4 is 45.7 Å². The molecule has 2 atom stereocenters. The molecule has 0 radical (unpaired) electrons. The van der Waals surface area contributed by atoms with Gasteiger partial charge in [0.2, 0.25) is 0 Å². The molecule has 1 aromatic heterocycles. The fourth-order valence-electron chi connectivity index (χ4n) is 14.0. The summed E-state index contributed by atoms with van der Waals surface area (Å²) >= 11 is 0.